The van der Waals surface area contributed by atoms with Gasteiger partial charge in [0.25, 0.3) is 0 Å². The third-order valence-corrected chi connectivity index (χ3v) is 2.69. The predicted molar refractivity (Wildman–Crippen MR) is 64.6 cm³/mol. The molecule has 1 heterocycles. The lowest BCUT2D eigenvalue weighted by Gasteiger charge is -2.41. The van der Waals surface area contributed by atoms with Crippen molar-refractivity contribution in [1.82, 2.24) is 0 Å². The van der Waals surface area contributed by atoms with E-state index in [1.54, 1.807) is 0 Å². The first-order valence-corrected chi connectivity index (χ1v) is 6.21. The van der Waals surface area contributed by atoms with Gasteiger partial charge in [0.1, 0.15) is 18.8 Å². The summed E-state index contributed by atoms with van der Waals surface area (Å²) in [6.07, 6.45) is -6.92. The molecule has 0 aromatic heterocycles. The maximum absolute atomic E-state index is 11.1. The van der Waals surface area contributed by atoms with E-state index in [1.807, 2.05) is 0 Å². The van der Waals surface area contributed by atoms with E-state index in [0.29, 0.717) is 0 Å². The SMILES string of the molecule is CC(=O)OC[C@H]1O[C@H](O)[C@@H](OC(C)=O)[C@H](OC(C)=O)[C@H]1O. The highest BCUT2D eigenvalue weighted by Crippen LogP contribution is 2.25. The zero-order valence-corrected chi connectivity index (χ0v) is 11.8. The van der Waals surface area contributed by atoms with Gasteiger partial charge in [-0.25, -0.2) is 0 Å². The monoisotopic (exact) mass is 306 g/mol. The van der Waals surface area contributed by atoms with Crippen LogP contribution in [0.15, 0.2) is 0 Å². The van der Waals surface area contributed by atoms with E-state index < -0.39 is 48.6 Å². The highest BCUT2D eigenvalue weighted by atomic mass is 16.7. The minimum absolute atomic E-state index is 0.349. The maximum atomic E-state index is 11.1. The average molecular weight is 306 g/mol. The molecule has 0 spiro atoms. The molecule has 1 saturated heterocycles. The molecular formula is C12H18O9. The molecule has 0 amide bonds. The van der Waals surface area contributed by atoms with Crippen LogP contribution in [0.4, 0.5) is 0 Å². The summed E-state index contributed by atoms with van der Waals surface area (Å²) in [5.74, 6) is -2.09. The molecule has 120 valence electrons. The second-order valence-corrected chi connectivity index (χ2v) is 4.51. The number of aliphatic hydroxyl groups is 2. The molecule has 0 radical (unpaired) electrons. The first kappa shape index (κ1) is 17.3. The third-order valence-electron chi connectivity index (χ3n) is 2.69. The smallest absolute Gasteiger partial charge is 0.303 e. The van der Waals surface area contributed by atoms with Crippen molar-refractivity contribution in [2.75, 3.05) is 6.61 Å². The largest absolute Gasteiger partial charge is 0.463 e. The second kappa shape index (κ2) is 7.34. The fourth-order valence-corrected chi connectivity index (χ4v) is 1.89. The van der Waals surface area contributed by atoms with Crippen LogP contribution in [0.5, 0.6) is 0 Å². The number of hydrogen-bond acceptors (Lipinski definition) is 9. The lowest BCUT2D eigenvalue weighted by atomic mass is 9.98. The number of esters is 3. The number of carbonyl (C=O) groups excluding carboxylic acids is 3. The Morgan fingerprint density at radius 1 is 0.952 bits per heavy atom. The van der Waals surface area contributed by atoms with E-state index in [9.17, 15) is 24.6 Å². The minimum atomic E-state index is -1.64. The Bertz CT molecular complexity index is 408. The van der Waals surface area contributed by atoms with Crippen molar-refractivity contribution in [3.8, 4) is 0 Å². The van der Waals surface area contributed by atoms with Crippen molar-refractivity contribution in [2.45, 2.75) is 51.5 Å². The standard InChI is InChI=1S/C12H18O9/c1-5(13)18-4-8-9(16)10(19-6(2)14)11(12(17)21-8)20-7(3)15/h8-12,16-17H,4H2,1-3H3/t8-,9+,10-,11+,12+/m1/s1. The maximum Gasteiger partial charge on any atom is 0.303 e. The number of rotatable bonds is 4. The number of aliphatic hydroxyl groups excluding tert-OH is 2. The molecule has 1 fully saturated rings. The number of hydrogen-bond donors (Lipinski definition) is 2. The third kappa shape index (κ3) is 4.96. The van der Waals surface area contributed by atoms with Gasteiger partial charge in [-0.15, -0.1) is 0 Å². The Balaban J connectivity index is 2.87. The van der Waals surface area contributed by atoms with Gasteiger partial charge in [-0.2, -0.15) is 0 Å². The quantitative estimate of drug-likeness (QED) is 0.470. The summed E-state index contributed by atoms with van der Waals surface area (Å²) in [6.45, 7) is 3.00. The molecule has 0 unspecified atom stereocenters. The molecule has 5 atom stereocenters. The molecule has 0 aliphatic carbocycles. The van der Waals surface area contributed by atoms with Gasteiger partial charge < -0.3 is 29.2 Å². The molecular weight excluding hydrogens is 288 g/mol. The summed E-state index contributed by atoms with van der Waals surface area (Å²) < 4.78 is 19.4. The Morgan fingerprint density at radius 3 is 1.95 bits per heavy atom. The molecule has 2 N–H and O–H groups in total. The van der Waals surface area contributed by atoms with Gasteiger partial charge >= 0.3 is 17.9 Å². The van der Waals surface area contributed by atoms with Crippen LogP contribution in [0, 0.1) is 0 Å². The molecule has 21 heavy (non-hydrogen) atoms. The molecule has 0 bridgehead atoms. The highest BCUT2D eigenvalue weighted by molar-refractivity contribution is 5.67. The lowest BCUT2D eigenvalue weighted by Crippen LogP contribution is -2.61. The first-order chi connectivity index (χ1) is 9.72. The number of carbonyl (C=O) groups is 3. The van der Waals surface area contributed by atoms with Crippen LogP contribution in [0.3, 0.4) is 0 Å². The molecule has 0 aromatic carbocycles. The molecule has 9 heteroatoms. The van der Waals surface area contributed by atoms with Crippen LogP contribution in [0.2, 0.25) is 0 Å². The predicted octanol–water partition coefficient (Wildman–Crippen LogP) is -1.51. The van der Waals surface area contributed by atoms with Crippen LogP contribution in [0.25, 0.3) is 0 Å². The van der Waals surface area contributed by atoms with Crippen molar-refractivity contribution in [1.29, 1.82) is 0 Å². The molecule has 9 nitrogen and oxygen atoms in total. The van der Waals surface area contributed by atoms with Gasteiger partial charge in [0.2, 0.25) is 0 Å². The summed E-state index contributed by atoms with van der Waals surface area (Å²) >= 11 is 0. The van der Waals surface area contributed by atoms with Gasteiger partial charge in [0.05, 0.1) is 0 Å². The zero-order valence-electron chi connectivity index (χ0n) is 11.8. The Kier molecular flexibility index (Phi) is 6.06. The van der Waals surface area contributed by atoms with E-state index in [0.717, 1.165) is 20.8 Å². The zero-order chi connectivity index (χ0) is 16.2. The minimum Gasteiger partial charge on any atom is -0.463 e. The summed E-state index contributed by atoms with van der Waals surface area (Å²) in [4.78, 5) is 32.9. The fraction of sp³-hybridized carbons (Fsp3) is 0.750. The summed E-state index contributed by atoms with van der Waals surface area (Å²) in [6, 6.07) is 0. The molecule has 1 aliphatic rings. The van der Waals surface area contributed by atoms with Crippen molar-refractivity contribution >= 4 is 17.9 Å². The summed E-state index contributed by atoms with van der Waals surface area (Å²) in [5, 5.41) is 19.9. The van der Waals surface area contributed by atoms with Crippen LogP contribution in [0.1, 0.15) is 20.8 Å². The Labute approximate surface area is 120 Å². The van der Waals surface area contributed by atoms with Gasteiger partial charge in [0.15, 0.2) is 18.5 Å². The van der Waals surface area contributed by atoms with E-state index >= 15 is 0 Å². The van der Waals surface area contributed by atoms with Crippen molar-refractivity contribution in [2.24, 2.45) is 0 Å². The lowest BCUT2D eigenvalue weighted by molar-refractivity contribution is -0.293. The fourth-order valence-electron chi connectivity index (χ4n) is 1.89. The average Bonchev–Trinajstić information content (AvgIpc) is 2.35. The van der Waals surface area contributed by atoms with Crippen LogP contribution >= 0.6 is 0 Å². The van der Waals surface area contributed by atoms with Gasteiger partial charge in [-0.1, -0.05) is 0 Å². The van der Waals surface area contributed by atoms with Crippen LogP contribution in [-0.2, 0) is 33.3 Å². The molecule has 0 aromatic rings. The normalized spacial score (nSPS) is 32.1. The van der Waals surface area contributed by atoms with E-state index in [2.05, 4.69) is 4.74 Å². The van der Waals surface area contributed by atoms with Crippen molar-refractivity contribution in [3.05, 3.63) is 0 Å². The van der Waals surface area contributed by atoms with Gasteiger partial charge in [0, 0.05) is 20.8 Å². The van der Waals surface area contributed by atoms with Gasteiger partial charge in [-0.05, 0) is 0 Å². The topological polar surface area (TPSA) is 129 Å². The van der Waals surface area contributed by atoms with Crippen LogP contribution < -0.4 is 0 Å². The molecule has 0 saturated carbocycles. The van der Waals surface area contributed by atoms with E-state index in [-0.39, 0.29) is 6.61 Å². The highest BCUT2D eigenvalue weighted by Gasteiger charge is 2.49. The molecule has 1 rings (SSSR count). The van der Waals surface area contributed by atoms with E-state index in [1.165, 1.54) is 0 Å². The summed E-state index contributed by atoms with van der Waals surface area (Å²) in [5.41, 5.74) is 0. The van der Waals surface area contributed by atoms with Crippen LogP contribution in [-0.4, -0.2) is 65.4 Å². The van der Waals surface area contributed by atoms with E-state index in [4.69, 9.17) is 14.2 Å². The van der Waals surface area contributed by atoms with Gasteiger partial charge in [-0.3, -0.25) is 14.4 Å². The molecule has 1 aliphatic heterocycles. The second-order valence-electron chi connectivity index (χ2n) is 4.51. The Morgan fingerprint density at radius 2 is 1.48 bits per heavy atom. The summed E-state index contributed by atoms with van der Waals surface area (Å²) in [7, 11) is 0. The number of ether oxygens (including phenoxy) is 4. The Hall–Kier alpha value is -1.71. The van der Waals surface area contributed by atoms with Crippen molar-refractivity contribution < 1.29 is 43.5 Å². The van der Waals surface area contributed by atoms with Crippen molar-refractivity contribution in [3.63, 3.8) is 0 Å². The first-order valence-electron chi connectivity index (χ1n) is 6.21.